The number of fused-ring (bicyclic) bond motifs is 1. The van der Waals surface area contributed by atoms with Crippen molar-refractivity contribution in [1.82, 2.24) is 24.6 Å². The van der Waals surface area contributed by atoms with E-state index in [1.165, 1.54) is 0 Å². The molecular formula is C21H25N5O. The monoisotopic (exact) mass is 363 g/mol. The SMILES string of the molecule is CCN1CCN(C(=O)c2cc(-c3ccccc3)nc3c2cnn3CC)CC1. The molecule has 0 atom stereocenters. The van der Waals surface area contributed by atoms with E-state index in [9.17, 15) is 4.79 Å². The lowest BCUT2D eigenvalue weighted by atomic mass is 10.1. The Kier molecular flexibility index (Phi) is 4.90. The van der Waals surface area contributed by atoms with Crippen LogP contribution in [0.5, 0.6) is 0 Å². The molecule has 1 fully saturated rings. The smallest absolute Gasteiger partial charge is 0.254 e. The highest BCUT2D eigenvalue weighted by atomic mass is 16.2. The molecule has 6 nitrogen and oxygen atoms in total. The van der Waals surface area contributed by atoms with Crippen LogP contribution in [0.3, 0.4) is 0 Å². The number of benzene rings is 1. The van der Waals surface area contributed by atoms with Crippen molar-refractivity contribution in [3.05, 3.63) is 48.2 Å². The van der Waals surface area contributed by atoms with Crippen molar-refractivity contribution in [3.63, 3.8) is 0 Å². The fourth-order valence-electron chi connectivity index (χ4n) is 3.65. The van der Waals surface area contributed by atoms with Crippen molar-refractivity contribution in [3.8, 4) is 11.3 Å². The van der Waals surface area contributed by atoms with E-state index < -0.39 is 0 Å². The van der Waals surface area contributed by atoms with Crippen molar-refractivity contribution in [2.45, 2.75) is 20.4 Å². The summed E-state index contributed by atoms with van der Waals surface area (Å²) in [6.45, 7) is 9.33. The van der Waals surface area contributed by atoms with E-state index in [2.05, 4.69) is 16.9 Å². The first kappa shape index (κ1) is 17.7. The number of carbonyl (C=O) groups excluding carboxylic acids is 1. The van der Waals surface area contributed by atoms with Crippen LogP contribution in [0.1, 0.15) is 24.2 Å². The molecule has 0 spiro atoms. The maximum atomic E-state index is 13.3. The predicted octanol–water partition coefficient (Wildman–Crippen LogP) is 2.90. The molecule has 1 aliphatic rings. The molecule has 4 rings (SSSR count). The molecule has 1 aromatic carbocycles. The fourth-order valence-corrected chi connectivity index (χ4v) is 3.65. The van der Waals surface area contributed by atoms with Gasteiger partial charge >= 0.3 is 0 Å². The molecule has 0 N–H and O–H groups in total. The second kappa shape index (κ2) is 7.48. The van der Waals surface area contributed by atoms with Crippen LogP contribution in [0.4, 0.5) is 0 Å². The van der Waals surface area contributed by atoms with Gasteiger partial charge in [0.2, 0.25) is 0 Å². The number of rotatable bonds is 4. The van der Waals surface area contributed by atoms with E-state index in [0.29, 0.717) is 5.56 Å². The normalized spacial score (nSPS) is 15.4. The summed E-state index contributed by atoms with van der Waals surface area (Å²) < 4.78 is 1.85. The molecule has 6 heteroatoms. The quantitative estimate of drug-likeness (QED) is 0.715. The second-order valence-electron chi connectivity index (χ2n) is 6.85. The first-order valence-electron chi connectivity index (χ1n) is 9.65. The summed E-state index contributed by atoms with van der Waals surface area (Å²) in [4.78, 5) is 22.5. The number of pyridine rings is 1. The number of hydrogen-bond acceptors (Lipinski definition) is 4. The third kappa shape index (κ3) is 3.32. The summed E-state index contributed by atoms with van der Waals surface area (Å²) in [7, 11) is 0. The van der Waals surface area contributed by atoms with E-state index in [4.69, 9.17) is 4.98 Å². The predicted molar refractivity (Wildman–Crippen MR) is 107 cm³/mol. The first-order valence-corrected chi connectivity index (χ1v) is 9.65. The van der Waals surface area contributed by atoms with E-state index in [1.807, 2.05) is 52.9 Å². The summed E-state index contributed by atoms with van der Waals surface area (Å²) in [5, 5.41) is 5.27. The Bertz CT molecular complexity index is 942. The van der Waals surface area contributed by atoms with Gasteiger partial charge in [0.15, 0.2) is 5.65 Å². The molecule has 140 valence electrons. The molecule has 3 aromatic rings. The van der Waals surface area contributed by atoms with Crippen LogP contribution in [0, 0.1) is 0 Å². The van der Waals surface area contributed by atoms with E-state index in [-0.39, 0.29) is 5.91 Å². The highest BCUT2D eigenvalue weighted by molar-refractivity contribution is 6.06. The average molecular weight is 363 g/mol. The number of nitrogens with zero attached hydrogens (tertiary/aromatic N) is 5. The molecular weight excluding hydrogens is 338 g/mol. The van der Waals surface area contributed by atoms with Gasteiger partial charge in [0.05, 0.1) is 22.8 Å². The van der Waals surface area contributed by atoms with E-state index >= 15 is 0 Å². The van der Waals surface area contributed by atoms with Crippen molar-refractivity contribution < 1.29 is 4.79 Å². The Balaban J connectivity index is 1.77. The Morgan fingerprint density at radius 1 is 1.04 bits per heavy atom. The maximum absolute atomic E-state index is 13.3. The zero-order chi connectivity index (χ0) is 18.8. The summed E-state index contributed by atoms with van der Waals surface area (Å²) in [5.74, 6) is 0.0750. The number of aryl methyl sites for hydroxylation is 1. The van der Waals surface area contributed by atoms with Gasteiger partial charge < -0.3 is 9.80 Å². The highest BCUT2D eigenvalue weighted by Crippen LogP contribution is 2.26. The highest BCUT2D eigenvalue weighted by Gasteiger charge is 2.24. The average Bonchev–Trinajstić information content (AvgIpc) is 3.16. The first-order chi connectivity index (χ1) is 13.2. The van der Waals surface area contributed by atoms with Crippen LogP contribution in [0.25, 0.3) is 22.3 Å². The molecule has 3 heterocycles. The molecule has 1 amide bonds. The number of amides is 1. The minimum atomic E-state index is 0.0750. The second-order valence-corrected chi connectivity index (χ2v) is 6.85. The van der Waals surface area contributed by atoms with Gasteiger partial charge in [0.1, 0.15) is 0 Å². The van der Waals surface area contributed by atoms with Gasteiger partial charge in [-0.3, -0.25) is 4.79 Å². The Labute approximate surface area is 159 Å². The number of aromatic nitrogens is 3. The zero-order valence-corrected chi connectivity index (χ0v) is 15.9. The fraction of sp³-hybridized carbons (Fsp3) is 0.381. The van der Waals surface area contributed by atoms with Gasteiger partial charge in [0.25, 0.3) is 5.91 Å². The van der Waals surface area contributed by atoms with Crippen LogP contribution in [0.15, 0.2) is 42.6 Å². The van der Waals surface area contributed by atoms with Crippen molar-refractivity contribution in [2.75, 3.05) is 32.7 Å². The number of piperazine rings is 1. The number of carbonyl (C=O) groups is 1. The van der Waals surface area contributed by atoms with Gasteiger partial charge in [0, 0.05) is 38.3 Å². The summed E-state index contributed by atoms with van der Waals surface area (Å²) in [6.07, 6.45) is 1.77. The summed E-state index contributed by atoms with van der Waals surface area (Å²) in [5.41, 5.74) is 3.29. The Morgan fingerprint density at radius 2 is 1.78 bits per heavy atom. The molecule has 0 unspecified atom stereocenters. The van der Waals surface area contributed by atoms with Crippen LogP contribution < -0.4 is 0 Å². The Hall–Kier alpha value is -2.73. The van der Waals surface area contributed by atoms with Crippen molar-refractivity contribution in [1.29, 1.82) is 0 Å². The summed E-state index contributed by atoms with van der Waals surface area (Å²) in [6, 6.07) is 11.9. The van der Waals surface area contributed by atoms with Crippen molar-refractivity contribution >= 4 is 16.9 Å². The molecule has 2 aromatic heterocycles. The largest absolute Gasteiger partial charge is 0.336 e. The lowest BCUT2D eigenvalue weighted by Gasteiger charge is -2.34. The minimum absolute atomic E-state index is 0.0750. The third-order valence-electron chi connectivity index (χ3n) is 5.32. The van der Waals surface area contributed by atoms with Gasteiger partial charge in [-0.15, -0.1) is 0 Å². The lowest BCUT2D eigenvalue weighted by molar-refractivity contribution is 0.0645. The molecule has 0 radical (unpaired) electrons. The van der Waals surface area contributed by atoms with Gasteiger partial charge in [-0.25, -0.2) is 9.67 Å². The molecule has 1 saturated heterocycles. The minimum Gasteiger partial charge on any atom is -0.336 e. The number of likely N-dealkylation sites (N-methyl/N-ethyl adjacent to an activating group) is 1. The number of hydrogen-bond donors (Lipinski definition) is 0. The Morgan fingerprint density at radius 3 is 2.44 bits per heavy atom. The van der Waals surface area contributed by atoms with Crippen LogP contribution >= 0.6 is 0 Å². The van der Waals surface area contributed by atoms with Gasteiger partial charge in [-0.2, -0.15) is 5.10 Å². The molecule has 0 bridgehead atoms. The molecule has 0 saturated carbocycles. The topological polar surface area (TPSA) is 54.3 Å². The van der Waals surface area contributed by atoms with Gasteiger partial charge in [-0.05, 0) is 19.5 Å². The maximum Gasteiger partial charge on any atom is 0.254 e. The van der Waals surface area contributed by atoms with Crippen LogP contribution in [-0.2, 0) is 6.54 Å². The summed E-state index contributed by atoms with van der Waals surface area (Å²) >= 11 is 0. The zero-order valence-electron chi connectivity index (χ0n) is 15.9. The van der Waals surface area contributed by atoms with Crippen molar-refractivity contribution in [2.24, 2.45) is 0 Å². The third-order valence-corrected chi connectivity index (χ3v) is 5.32. The van der Waals surface area contributed by atoms with Crippen LogP contribution in [0.2, 0.25) is 0 Å². The standard InChI is InChI=1S/C21H25N5O/c1-3-24-10-12-25(13-11-24)21(27)17-14-19(16-8-6-5-7-9-16)23-20-18(17)15-22-26(20)4-2/h5-9,14-15H,3-4,10-13H2,1-2H3. The molecule has 27 heavy (non-hydrogen) atoms. The van der Waals surface area contributed by atoms with E-state index in [0.717, 1.165) is 61.6 Å². The molecule has 1 aliphatic heterocycles. The van der Waals surface area contributed by atoms with Crippen LogP contribution in [-0.4, -0.2) is 63.2 Å². The lowest BCUT2D eigenvalue weighted by Crippen LogP contribution is -2.48. The molecule has 0 aliphatic carbocycles. The van der Waals surface area contributed by atoms with Gasteiger partial charge in [-0.1, -0.05) is 37.3 Å². The van der Waals surface area contributed by atoms with E-state index in [1.54, 1.807) is 6.20 Å².